The molecule has 1 atom stereocenters. The molecule has 1 aliphatic heterocycles. The Hall–Kier alpha value is -3.45. The summed E-state index contributed by atoms with van der Waals surface area (Å²) in [4.78, 5) is 20.6. The maximum Gasteiger partial charge on any atom is 0.274 e. The maximum absolute atomic E-state index is 14.6. The number of nitrogens with one attached hydrogen (secondary N) is 1. The van der Waals surface area contributed by atoms with E-state index in [2.05, 4.69) is 15.3 Å². The number of nitrogens with zero attached hydrogens (tertiary/aromatic N) is 3. The summed E-state index contributed by atoms with van der Waals surface area (Å²) in [5.74, 6) is -1.63. The van der Waals surface area contributed by atoms with Gasteiger partial charge in [0.15, 0.2) is 5.54 Å². The normalized spacial score (nSPS) is 21.5. The van der Waals surface area contributed by atoms with Gasteiger partial charge in [-0.3, -0.25) is 4.79 Å². The van der Waals surface area contributed by atoms with Crippen molar-refractivity contribution >= 4 is 17.4 Å². The van der Waals surface area contributed by atoms with Gasteiger partial charge in [-0.1, -0.05) is 0 Å². The van der Waals surface area contributed by atoms with Crippen LogP contribution in [0.3, 0.4) is 0 Å². The number of halogens is 3. The lowest BCUT2D eigenvalue weighted by Crippen LogP contribution is -2.50. The number of amides is 1. The molecule has 4 rings (SSSR count). The van der Waals surface area contributed by atoms with Crippen molar-refractivity contribution in [3.63, 3.8) is 0 Å². The summed E-state index contributed by atoms with van der Waals surface area (Å²) < 4.78 is 48.5. The van der Waals surface area contributed by atoms with E-state index in [1.807, 2.05) is 6.07 Å². The van der Waals surface area contributed by atoms with Gasteiger partial charge < -0.3 is 15.8 Å². The first-order chi connectivity index (χ1) is 14.7. The van der Waals surface area contributed by atoms with Crippen molar-refractivity contribution < 1.29 is 22.7 Å². The van der Waals surface area contributed by atoms with E-state index in [0.717, 1.165) is 12.1 Å². The minimum Gasteiger partial charge on any atom is -0.385 e. The van der Waals surface area contributed by atoms with Crippen LogP contribution in [0.2, 0.25) is 0 Å². The standard InChI is InChI=1S/C21H18F3N5O2/c1-11-6-12(8-25)9-27-16(11)17(30)28-13-2-3-15(22)14(7-13)21(18(23)24)10-31-20(4-5-20)19(26)29-21/h2-3,6-7,9,18H,4-5,10H2,1H3,(H2,26,29)(H,28,30)/t21-/m0/s1. The van der Waals surface area contributed by atoms with Gasteiger partial charge in [0.25, 0.3) is 12.3 Å². The molecule has 3 N–H and O–H groups in total. The van der Waals surface area contributed by atoms with E-state index in [1.165, 1.54) is 18.3 Å². The van der Waals surface area contributed by atoms with E-state index in [0.29, 0.717) is 18.4 Å². The summed E-state index contributed by atoms with van der Waals surface area (Å²) in [6, 6.07) is 6.73. The van der Waals surface area contributed by atoms with Gasteiger partial charge in [0.1, 0.15) is 29.0 Å². The van der Waals surface area contributed by atoms with E-state index >= 15 is 0 Å². The number of amidine groups is 1. The van der Waals surface area contributed by atoms with Gasteiger partial charge >= 0.3 is 0 Å². The summed E-state index contributed by atoms with van der Waals surface area (Å²) in [7, 11) is 0. The summed E-state index contributed by atoms with van der Waals surface area (Å²) >= 11 is 0. The highest BCUT2D eigenvalue weighted by molar-refractivity contribution is 6.04. The van der Waals surface area contributed by atoms with Crippen molar-refractivity contribution in [2.45, 2.75) is 37.3 Å². The summed E-state index contributed by atoms with van der Waals surface area (Å²) in [5, 5.41) is 11.4. The van der Waals surface area contributed by atoms with Gasteiger partial charge in [0.05, 0.1) is 12.2 Å². The van der Waals surface area contributed by atoms with Crippen LogP contribution in [0.15, 0.2) is 35.5 Å². The molecule has 1 aliphatic carbocycles. The molecule has 7 nitrogen and oxygen atoms in total. The highest BCUT2D eigenvalue weighted by Gasteiger charge is 2.57. The lowest BCUT2D eigenvalue weighted by molar-refractivity contribution is -0.0459. The lowest BCUT2D eigenvalue weighted by Gasteiger charge is -2.36. The zero-order chi connectivity index (χ0) is 22.4. The number of carbonyl (C=O) groups is 1. The number of rotatable bonds is 4. The Morgan fingerprint density at radius 3 is 2.68 bits per heavy atom. The summed E-state index contributed by atoms with van der Waals surface area (Å²) in [6.45, 7) is 1.07. The highest BCUT2D eigenvalue weighted by Crippen LogP contribution is 2.48. The number of anilines is 1. The smallest absolute Gasteiger partial charge is 0.274 e. The monoisotopic (exact) mass is 429 g/mol. The molecule has 10 heteroatoms. The van der Waals surface area contributed by atoms with Crippen LogP contribution in [-0.4, -0.2) is 35.4 Å². The fraction of sp³-hybridized carbons (Fsp3) is 0.333. The van der Waals surface area contributed by atoms with Crippen molar-refractivity contribution in [3.05, 3.63) is 58.7 Å². The second-order valence-electron chi connectivity index (χ2n) is 7.66. The van der Waals surface area contributed by atoms with Crippen LogP contribution in [0.4, 0.5) is 18.9 Å². The molecule has 160 valence electrons. The van der Waals surface area contributed by atoms with E-state index in [4.69, 9.17) is 15.7 Å². The maximum atomic E-state index is 14.6. The molecule has 2 heterocycles. The van der Waals surface area contributed by atoms with Crippen LogP contribution in [0.1, 0.15) is 40.0 Å². The number of aromatic nitrogens is 1. The molecule has 0 radical (unpaired) electrons. The number of nitrogens with two attached hydrogens (primary N) is 1. The molecular weight excluding hydrogens is 411 g/mol. The van der Waals surface area contributed by atoms with Crippen LogP contribution >= 0.6 is 0 Å². The number of hydrogen-bond acceptors (Lipinski definition) is 6. The van der Waals surface area contributed by atoms with Gasteiger partial charge in [-0.25, -0.2) is 23.1 Å². The molecule has 0 bridgehead atoms. The Kier molecular flexibility index (Phi) is 4.94. The molecule has 31 heavy (non-hydrogen) atoms. The zero-order valence-corrected chi connectivity index (χ0v) is 16.5. The van der Waals surface area contributed by atoms with Crippen molar-refractivity contribution in [2.24, 2.45) is 10.7 Å². The first-order valence-corrected chi connectivity index (χ1v) is 9.47. The average molecular weight is 429 g/mol. The third-order valence-corrected chi connectivity index (χ3v) is 5.53. The first kappa shape index (κ1) is 20.8. The van der Waals surface area contributed by atoms with Crippen molar-refractivity contribution in [1.29, 1.82) is 5.26 Å². The van der Waals surface area contributed by atoms with E-state index in [9.17, 15) is 18.0 Å². The van der Waals surface area contributed by atoms with Crippen molar-refractivity contribution in [1.82, 2.24) is 4.98 Å². The molecule has 1 fully saturated rings. The Morgan fingerprint density at radius 2 is 2.10 bits per heavy atom. The number of benzene rings is 1. The topological polar surface area (TPSA) is 113 Å². The fourth-order valence-corrected chi connectivity index (χ4v) is 3.55. The van der Waals surface area contributed by atoms with Gasteiger partial charge in [0.2, 0.25) is 0 Å². The number of carbonyl (C=O) groups excluding carboxylic acids is 1. The fourth-order valence-electron chi connectivity index (χ4n) is 3.55. The molecule has 2 aromatic rings. The quantitative estimate of drug-likeness (QED) is 0.776. The number of pyridine rings is 1. The summed E-state index contributed by atoms with van der Waals surface area (Å²) in [6.07, 6.45) is -0.687. The second-order valence-corrected chi connectivity index (χ2v) is 7.66. The number of alkyl halides is 2. The largest absolute Gasteiger partial charge is 0.385 e. The first-order valence-electron chi connectivity index (χ1n) is 9.47. The van der Waals surface area contributed by atoms with Crippen LogP contribution < -0.4 is 11.1 Å². The number of ether oxygens (including phenoxy) is 1. The number of aliphatic imine (C=N–C) groups is 1. The van der Waals surface area contributed by atoms with E-state index in [1.54, 1.807) is 6.92 Å². The lowest BCUT2D eigenvalue weighted by atomic mass is 9.89. The Balaban J connectivity index is 1.68. The SMILES string of the molecule is Cc1cc(C#N)cnc1C(=O)Nc1ccc(F)c([C@]2(C(F)F)COC3(CC3)C(N)=N2)c1. The highest BCUT2D eigenvalue weighted by atomic mass is 19.3. The average Bonchev–Trinajstić information content (AvgIpc) is 3.52. The minimum atomic E-state index is -3.09. The van der Waals surface area contributed by atoms with Gasteiger partial charge in [-0.15, -0.1) is 0 Å². The molecular formula is C21H18F3N5O2. The van der Waals surface area contributed by atoms with Crippen molar-refractivity contribution in [3.8, 4) is 6.07 Å². The van der Waals surface area contributed by atoms with Gasteiger partial charge in [0, 0.05) is 17.4 Å². The molecule has 1 amide bonds. The number of nitriles is 1. The predicted octanol–water partition coefficient (Wildman–Crippen LogP) is 3.03. The van der Waals surface area contributed by atoms with E-state index < -0.39 is 41.5 Å². The number of hydrogen-bond donors (Lipinski definition) is 2. The molecule has 1 aromatic carbocycles. The Bertz CT molecular complexity index is 1140. The molecule has 0 saturated heterocycles. The minimum absolute atomic E-state index is 0.0485. The Labute approximate surface area is 175 Å². The van der Waals surface area contributed by atoms with Crippen LogP contribution in [0.5, 0.6) is 0 Å². The summed E-state index contributed by atoms with van der Waals surface area (Å²) in [5.41, 5.74) is 3.19. The molecule has 0 unspecified atom stereocenters. The third-order valence-electron chi connectivity index (χ3n) is 5.53. The second kappa shape index (κ2) is 7.35. The van der Waals surface area contributed by atoms with E-state index in [-0.39, 0.29) is 22.8 Å². The molecule has 1 saturated carbocycles. The number of aryl methyl sites for hydroxylation is 1. The van der Waals surface area contributed by atoms with Crippen LogP contribution in [-0.2, 0) is 10.3 Å². The van der Waals surface area contributed by atoms with Gasteiger partial charge in [-0.2, -0.15) is 5.26 Å². The predicted molar refractivity (Wildman–Crippen MR) is 105 cm³/mol. The van der Waals surface area contributed by atoms with Crippen molar-refractivity contribution in [2.75, 3.05) is 11.9 Å². The third kappa shape index (κ3) is 3.51. The van der Waals surface area contributed by atoms with Crippen LogP contribution in [0, 0.1) is 24.1 Å². The molecule has 1 aromatic heterocycles. The molecule has 2 aliphatic rings. The molecule has 1 spiro atoms. The van der Waals surface area contributed by atoms with Crippen LogP contribution in [0.25, 0.3) is 0 Å². The Morgan fingerprint density at radius 1 is 1.35 bits per heavy atom. The van der Waals surface area contributed by atoms with Gasteiger partial charge in [-0.05, 0) is 49.6 Å². The zero-order valence-electron chi connectivity index (χ0n) is 16.5.